The van der Waals surface area contributed by atoms with Gasteiger partial charge in [-0.2, -0.15) is 4.98 Å². The van der Waals surface area contributed by atoms with Crippen molar-refractivity contribution in [2.75, 3.05) is 0 Å². The van der Waals surface area contributed by atoms with Crippen molar-refractivity contribution >= 4 is 18.2 Å². The van der Waals surface area contributed by atoms with Gasteiger partial charge in [-0.15, -0.1) is 4.39 Å². The molecule has 1 atom stereocenters. The first-order valence-electron chi connectivity index (χ1n) is 3.26. The fraction of sp³-hybridized carbons (Fsp3) is 0.143. The minimum atomic E-state index is -0.811. The maximum Gasteiger partial charge on any atom is 0.391 e. The third-order valence-electron chi connectivity index (χ3n) is 1.69. The van der Waals surface area contributed by atoms with E-state index in [1.807, 2.05) is 18.9 Å². The number of aromatic nitrogens is 2. The van der Waals surface area contributed by atoms with E-state index in [-0.39, 0.29) is 5.68 Å². The number of nitrogens with one attached hydrogen (secondary N) is 1. The van der Waals surface area contributed by atoms with Crippen LogP contribution in [-0.2, 0) is 6.66 Å². The third-order valence-corrected chi connectivity index (χ3v) is 3.48. The van der Waals surface area contributed by atoms with Crippen LogP contribution in [0.15, 0.2) is 18.5 Å². The molecule has 0 bridgehead atoms. The number of hydrogen-bond acceptors (Lipinski definition) is 1. The molecule has 0 amide bonds. The smallest absolute Gasteiger partial charge is 0.357 e. The number of rotatable bonds is 0. The second-order valence-electron chi connectivity index (χ2n) is 2.36. The van der Waals surface area contributed by atoms with Gasteiger partial charge in [0.15, 0.2) is 12.7 Å². The molecule has 0 aliphatic rings. The van der Waals surface area contributed by atoms with Crippen LogP contribution in [0.25, 0.3) is 10.6 Å². The topological polar surface area (TPSA) is 28.7 Å². The molecule has 0 radical (unpaired) electrons. The largest absolute Gasteiger partial charge is 0.391 e. The highest BCUT2D eigenvalue weighted by Crippen LogP contribution is 2.34. The predicted octanol–water partition coefficient (Wildman–Crippen LogP) is 2.51. The van der Waals surface area contributed by atoms with Crippen LogP contribution >= 0.6 is 7.53 Å². The minimum absolute atomic E-state index is 0.243. The van der Waals surface area contributed by atoms with Gasteiger partial charge in [0, 0.05) is 12.3 Å². The first-order valence-corrected chi connectivity index (χ1v) is 5.05. The van der Waals surface area contributed by atoms with Gasteiger partial charge in [-0.25, -0.2) is 0 Å². The average Bonchev–Trinajstić information content (AvgIpc) is 2.45. The van der Waals surface area contributed by atoms with Crippen molar-refractivity contribution in [3.8, 4) is 0 Å². The lowest BCUT2D eigenvalue weighted by atomic mass is 10.5. The first kappa shape index (κ1) is 6.74. The Morgan fingerprint density at radius 3 is 3.27 bits per heavy atom. The minimum Gasteiger partial charge on any atom is -0.357 e. The zero-order chi connectivity index (χ0) is 7.84. The molecular formula is C7H7FN2P+. The number of halogens is 1. The molecule has 2 aromatic rings. The van der Waals surface area contributed by atoms with Gasteiger partial charge in [0.05, 0.1) is 6.20 Å². The van der Waals surface area contributed by atoms with Gasteiger partial charge < -0.3 is 4.98 Å². The number of H-pyrrole nitrogens is 1. The van der Waals surface area contributed by atoms with Crippen LogP contribution < -0.4 is 0 Å². The van der Waals surface area contributed by atoms with Gasteiger partial charge in [0.2, 0.25) is 0 Å². The molecule has 4 heteroatoms. The van der Waals surface area contributed by atoms with E-state index >= 15 is 0 Å². The molecule has 0 spiro atoms. The number of nitrogens with zero attached hydrogens (tertiary/aromatic N) is 1. The fourth-order valence-electron chi connectivity index (χ4n) is 1.07. The molecule has 0 aliphatic carbocycles. The summed E-state index contributed by atoms with van der Waals surface area (Å²) < 4.78 is 12.9. The molecule has 1 unspecified atom stereocenters. The Balaban J connectivity index is 2.93. The summed E-state index contributed by atoms with van der Waals surface area (Å²) in [6.07, 6.45) is 3.35. The quantitative estimate of drug-likeness (QED) is 0.644. The zero-order valence-corrected chi connectivity index (χ0v) is 6.90. The van der Waals surface area contributed by atoms with Crippen molar-refractivity contribution in [2.24, 2.45) is 6.66 Å². The molecule has 0 saturated heterocycles. The van der Waals surface area contributed by atoms with E-state index in [1.54, 1.807) is 0 Å². The third kappa shape index (κ3) is 0.925. The van der Waals surface area contributed by atoms with Crippen LogP contribution in [0.3, 0.4) is 0 Å². The van der Waals surface area contributed by atoms with E-state index in [0.717, 1.165) is 10.6 Å². The molecule has 0 fully saturated rings. The van der Waals surface area contributed by atoms with Crippen LogP contribution in [0.2, 0.25) is 0 Å². The van der Waals surface area contributed by atoms with E-state index < -0.39 is 7.53 Å². The van der Waals surface area contributed by atoms with Gasteiger partial charge in [0.25, 0.3) is 0 Å². The number of aryl methyl sites for hydroxylation is 1. The Kier molecular flexibility index (Phi) is 1.40. The monoisotopic (exact) mass is 169 g/mol. The SMILES string of the molecule is C[p+]1c(F)ncc2[nH]ccc21. The van der Waals surface area contributed by atoms with Crippen LogP contribution in [0.4, 0.5) is 4.39 Å². The summed E-state index contributed by atoms with van der Waals surface area (Å²) in [4.78, 5) is 6.64. The standard InChI is InChI=1S/C7H7FN2P/c1-11-6-2-3-9-5(6)4-10-7(11)8/h2-4,9H,1H3/q+1. The average molecular weight is 169 g/mol. The second-order valence-corrected chi connectivity index (χ2v) is 4.33. The lowest BCUT2D eigenvalue weighted by Crippen LogP contribution is -1.77. The van der Waals surface area contributed by atoms with Crippen molar-refractivity contribution in [1.82, 2.24) is 9.97 Å². The van der Waals surface area contributed by atoms with E-state index in [1.165, 1.54) is 6.20 Å². The predicted molar refractivity (Wildman–Crippen MR) is 44.1 cm³/mol. The zero-order valence-electron chi connectivity index (χ0n) is 6.00. The molecule has 2 heterocycles. The molecular weight excluding hydrogens is 162 g/mol. The maximum absolute atomic E-state index is 12.9. The van der Waals surface area contributed by atoms with Crippen molar-refractivity contribution in [3.05, 3.63) is 24.1 Å². The van der Waals surface area contributed by atoms with Crippen molar-refractivity contribution < 1.29 is 4.39 Å². The second kappa shape index (κ2) is 2.28. The maximum atomic E-state index is 12.9. The summed E-state index contributed by atoms with van der Waals surface area (Å²) in [7, 11) is -0.811. The Morgan fingerprint density at radius 1 is 1.64 bits per heavy atom. The molecule has 0 saturated carbocycles. The highest BCUT2D eigenvalue weighted by atomic mass is 31.1. The molecule has 11 heavy (non-hydrogen) atoms. The summed E-state index contributed by atoms with van der Waals surface area (Å²) >= 11 is 0. The Labute approximate surface area is 64.2 Å². The molecule has 2 aromatic heterocycles. The highest BCUT2D eigenvalue weighted by molar-refractivity contribution is 7.52. The summed E-state index contributed by atoms with van der Waals surface area (Å²) in [6, 6.07) is 1.91. The van der Waals surface area contributed by atoms with Gasteiger partial charge in [-0.1, -0.05) is 0 Å². The van der Waals surface area contributed by atoms with E-state index in [9.17, 15) is 4.39 Å². The molecule has 2 nitrogen and oxygen atoms in total. The van der Waals surface area contributed by atoms with Crippen LogP contribution in [0, 0.1) is 5.68 Å². The van der Waals surface area contributed by atoms with Crippen molar-refractivity contribution in [3.63, 3.8) is 0 Å². The Hall–Kier alpha value is -0.950. The summed E-state index contributed by atoms with van der Waals surface area (Å²) in [5.74, 6) is 0. The Bertz CT molecular complexity index is 396. The first-order chi connectivity index (χ1) is 5.29. The lowest BCUT2D eigenvalue weighted by Gasteiger charge is -1.84. The highest BCUT2D eigenvalue weighted by Gasteiger charge is 2.15. The Morgan fingerprint density at radius 2 is 2.45 bits per heavy atom. The summed E-state index contributed by atoms with van der Waals surface area (Å²) in [6.45, 7) is 1.87. The van der Waals surface area contributed by atoms with Crippen LogP contribution in [0.5, 0.6) is 0 Å². The fourth-order valence-corrected chi connectivity index (χ4v) is 2.29. The molecule has 0 aromatic carbocycles. The lowest BCUT2D eigenvalue weighted by molar-refractivity contribution is 0.613. The van der Waals surface area contributed by atoms with Gasteiger partial charge >= 0.3 is 5.68 Å². The van der Waals surface area contributed by atoms with Crippen molar-refractivity contribution in [2.45, 2.75) is 0 Å². The molecule has 56 valence electrons. The van der Waals surface area contributed by atoms with Gasteiger partial charge in [-0.05, 0) is 0 Å². The number of hydrogen-bond donors (Lipinski definition) is 1. The molecule has 0 aliphatic heterocycles. The van der Waals surface area contributed by atoms with Crippen molar-refractivity contribution in [1.29, 1.82) is 0 Å². The molecule has 2 rings (SSSR count). The van der Waals surface area contributed by atoms with E-state index in [4.69, 9.17) is 0 Å². The van der Waals surface area contributed by atoms with Gasteiger partial charge in [-0.3, -0.25) is 0 Å². The van der Waals surface area contributed by atoms with E-state index in [0.29, 0.717) is 0 Å². The van der Waals surface area contributed by atoms with Crippen LogP contribution in [-0.4, -0.2) is 9.97 Å². The summed E-state index contributed by atoms with van der Waals surface area (Å²) in [5.41, 5.74) is 0.701. The normalized spacial score (nSPS) is 12.4. The number of fused-ring (bicyclic) bond motifs is 1. The van der Waals surface area contributed by atoms with Gasteiger partial charge in [0.1, 0.15) is 12.2 Å². The molecule has 1 N–H and O–H groups in total. The summed E-state index contributed by atoms with van der Waals surface area (Å²) in [5, 5.41) is 1.05. The van der Waals surface area contributed by atoms with Crippen LogP contribution in [0.1, 0.15) is 0 Å². The van der Waals surface area contributed by atoms with E-state index in [2.05, 4.69) is 9.97 Å². The number of aromatic amines is 1.